The van der Waals surface area contributed by atoms with E-state index in [1.807, 2.05) is 6.92 Å². The van der Waals surface area contributed by atoms with Crippen LogP contribution in [0, 0.1) is 0 Å². The fourth-order valence-corrected chi connectivity index (χ4v) is 1.14. The Bertz CT molecular complexity index is 324. The first kappa shape index (κ1) is 11.5. The first-order valence-electron chi connectivity index (χ1n) is 4.73. The van der Waals surface area contributed by atoms with Crippen LogP contribution in [0.25, 0.3) is 0 Å². The smallest absolute Gasteiger partial charge is 0.271 e. The van der Waals surface area contributed by atoms with Crippen molar-refractivity contribution in [2.75, 3.05) is 19.5 Å². The molecule has 0 aromatic carbocycles. The van der Waals surface area contributed by atoms with Gasteiger partial charge in [-0.3, -0.25) is 9.89 Å². The zero-order valence-electron chi connectivity index (χ0n) is 8.91. The predicted octanol–water partition coefficient (Wildman–Crippen LogP) is 0.147. The SMILES string of the molecule is COCCC(C)NC(=O)c1[nH]ncc1N. The van der Waals surface area contributed by atoms with Crippen molar-refractivity contribution in [1.29, 1.82) is 0 Å². The van der Waals surface area contributed by atoms with Gasteiger partial charge in [0.15, 0.2) is 0 Å². The van der Waals surface area contributed by atoms with Gasteiger partial charge >= 0.3 is 0 Å². The average Bonchev–Trinajstić information content (AvgIpc) is 2.61. The molecule has 1 aromatic heterocycles. The Morgan fingerprint density at radius 3 is 3.07 bits per heavy atom. The fraction of sp³-hybridized carbons (Fsp3) is 0.556. The van der Waals surface area contributed by atoms with Crippen molar-refractivity contribution in [3.05, 3.63) is 11.9 Å². The number of aromatic amines is 1. The van der Waals surface area contributed by atoms with Gasteiger partial charge in [-0.1, -0.05) is 0 Å². The van der Waals surface area contributed by atoms with Crippen molar-refractivity contribution in [3.63, 3.8) is 0 Å². The number of rotatable bonds is 5. The number of hydrogen-bond donors (Lipinski definition) is 3. The van der Waals surface area contributed by atoms with Gasteiger partial charge in [0.1, 0.15) is 5.69 Å². The molecule has 15 heavy (non-hydrogen) atoms. The van der Waals surface area contributed by atoms with Crippen LogP contribution in [-0.2, 0) is 4.74 Å². The van der Waals surface area contributed by atoms with Crippen LogP contribution in [-0.4, -0.2) is 35.9 Å². The summed E-state index contributed by atoms with van der Waals surface area (Å²) in [6.07, 6.45) is 2.17. The van der Waals surface area contributed by atoms with Crippen LogP contribution >= 0.6 is 0 Å². The van der Waals surface area contributed by atoms with E-state index in [0.717, 1.165) is 6.42 Å². The van der Waals surface area contributed by atoms with Crippen LogP contribution in [0.15, 0.2) is 6.20 Å². The molecule has 1 atom stereocenters. The number of H-pyrrole nitrogens is 1. The molecule has 1 rings (SSSR count). The summed E-state index contributed by atoms with van der Waals surface area (Å²) in [7, 11) is 1.63. The van der Waals surface area contributed by atoms with Gasteiger partial charge in [0.05, 0.1) is 11.9 Å². The first-order chi connectivity index (χ1) is 7.15. The molecule has 0 radical (unpaired) electrons. The van der Waals surface area contributed by atoms with Crippen LogP contribution in [0.2, 0.25) is 0 Å². The number of aromatic nitrogens is 2. The van der Waals surface area contributed by atoms with Crippen LogP contribution in [0.3, 0.4) is 0 Å². The molecule has 1 heterocycles. The van der Waals surface area contributed by atoms with Crippen molar-refractivity contribution in [2.24, 2.45) is 0 Å². The normalized spacial score (nSPS) is 12.4. The van der Waals surface area contributed by atoms with E-state index < -0.39 is 0 Å². The van der Waals surface area contributed by atoms with Gasteiger partial charge in [-0.25, -0.2) is 0 Å². The van der Waals surface area contributed by atoms with Crippen molar-refractivity contribution in [2.45, 2.75) is 19.4 Å². The van der Waals surface area contributed by atoms with Gasteiger partial charge in [-0.15, -0.1) is 0 Å². The molecule has 1 aromatic rings. The highest BCUT2D eigenvalue weighted by molar-refractivity contribution is 5.97. The highest BCUT2D eigenvalue weighted by atomic mass is 16.5. The Morgan fingerprint density at radius 2 is 2.53 bits per heavy atom. The minimum atomic E-state index is -0.242. The lowest BCUT2D eigenvalue weighted by molar-refractivity contribution is 0.0925. The molecule has 0 spiro atoms. The maximum absolute atomic E-state index is 11.6. The molecule has 0 aliphatic rings. The first-order valence-corrected chi connectivity index (χ1v) is 4.73. The molecule has 6 nitrogen and oxygen atoms in total. The maximum Gasteiger partial charge on any atom is 0.271 e. The number of nitrogens with zero attached hydrogens (tertiary/aromatic N) is 1. The molecule has 0 saturated heterocycles. The standard InChI is InChI=1S/C9H16N4O2/c1-6(3-4-15-2)12-9(14)8-7(10)5-11-13-8/h5-6H,3-4,10H2,1-2H3,(H,11,13)(H,12,14). The largest absolute Gasteiger partial charge is 0.396 e. The molecule has 0 saturated carbocycles. The van der Waals surface area contributed by atoms with Crippen LogP contribution in [0.1, 0.15) is 23.8 Å². The number of anilines is 1. The Hall–Kier alpha value is -1.56. The quantitative estimate of drug-likeness (QED) is 0.647. The number of nitrogens with two attached hydrogens (primary N) is 1. The average molecular weight is 212 g/mol. The summed E-state index contributed by atoms with van der Waals surface area (Å²) in [6, 6.07) is 0.0418. The molecule has 4 N–H and O–H groups in total. The molecule has 1 amide bonds. The van der Waals surface area contributed by atoms with E-state index >= 15 is 0 Å². The summed E-state index contributed by atoms with van der Waals surface area (Å²) in [5, 5.41) is 9.01. The summed E-state index contributed by atoms with van der Waals surface area (Å²) >= 11 is 0. The predicted molar refractivity (Wildman–Crippen MR) is 56.4 cm³/mol. The third-order valence-corrected chi connectivity index (χ3v) is 2.03. The van der Waals surface area contributed by atoms with Crippen molar-refractivity contribution in [1.82, 2.24) is 15.5 Å². The van der Waals surface area contributed by atoms with Crippen LogP contribution in [0.4, 0.5) is 5.69 Å². The molecule has 0 aliphatic carbocycles. The van der Waals surface area contributed by atoms with E-state index in [9.17, 15) is 4.79 Å². The number of carbonyl (C=O) groups excluding carboxylic acids is 1. The van der Waals surface area contributed by atoms with Gasteiger partial charge in [0.25, 0.3) is 5.91 Å². The molecule has 84 valence electrons. The van der Waals surface area contributed by atoms with Crippen molar-refractivity contribution in [3.8, 4) is 0 Å². The lowest BCUT2D eigenvalue weighted by Crippen LogP contribution is -2.33. The number of ether oxygens (including phenoxy) is 1. The Kier molecular flexibility index (Phi) is 4.11. The highest BCUT2D eigenvalue weighted by Gasteiger charge is 2.13. The van der Waals surface area contributed by atoms with Gasteiger partial charge in [-0.2, -0.15) is 5.10 Å². The topological polar surface area (TPSA) is 93.0 Å². The summed E-state index contributed by atoms with van der Waals surface area (Å²) in [4.78, 5) is 11.6. The van der Waals surface area contributed by atoms with Crippen molar-refractivity contribution < 1.29 is 9.53 Å². The molecular formula is C9H16N4O2. The van der Waals surface area contributed by atoms with E-state index in [1.165, 1.54) is 6.20 Å². The van der Waals surface area contributed by atoms with Gasteiger partial charge in [0, 0.05) is 19.8 Å². The molecular weight excluding hydrogens is 196 g/mol. The number of nitrogens with one attached hydrogen (secondary N) is 2. The number of nitrogen functional groups attached to an aromatic ring is 1. The minimum absolute atomic E-state index is 0.0418. The summed E-state index contributed by atoms with van der Waals surface area (Å²) in [6.45, 7) is 2.52. The minimum Gasteiger partial charge on any atom is -0.396 e. The zero-order chi connectivity index (χ0) is 11.3. The summed E-state index contributed by atoms with van der Waals surface area (Å²) in [5.41, 5.74) is 6.20. The second-order valence-corrected chi connectivity index (χ2v) is 3.36. The second-order valence-electron chi connectivity index (χ2n) is 3.36. The van der Waals surface area contributed by atoms with Gasteiger partial charge in [-0.05, 0) is 13.3 Å². The molecule has 0 bridgehead atoms. The zero-order valence-corrected chi connectivity index (χ0v) is 8.91. The van der Waals surface area contributed by atoms with Gasteiger partial charge < -0.3 is 15.8 Å². The number of carbonyl (C=O) groups is 1. The Morgan fingerprint density at radius 1 is 1.80 bits per heavy atom. The van der Waals surface area contributed by atoms with Crippen molar-refractivity contribution >= 4 is 11.6 Å². The molecule has 1 unspecified atom stereocenters. The van der Waals surface area contributed by atoms with Crippen LogP contribution in [0.5, 0.6) is 0 Å². The van der Waals surface area contributed by atoms with E-state index in [-0.39, 0.29) is 11.9 Å². The lowest BCUT2D eigenvalue weighted by Gasteiger charge is -2.12. The van der Waals surface area contributed by atoms with Gasteiger partial charge in [0.2, 0.25) is 0 Å². The Labute approximate surface area is 88.2 Å². The maximum atomic E-state index is 11.6. The summed E-state index contributed by atoms with van der Waals surface area (Å²) < 4.78 is 4.91. The highest BCUT2D eigenvalue weighted by Crippen LogP contribution is 2.06. The van der Waals surface area contributed by atoms with E-state index in [0.29, 0.717) is 18.0 Å². The third-order valence-electron chi connectivity index (χ3n) is 2.03. The van der Waals surface area contributed by atoms with Crippen LogP contribution < -0.4 is 11.1 Å². The number of methoxy groups -OCH3 is 1. The monoisotopic (exact) mass is 212 g/mol. The third kappa shape index (κ3) is 3.25. The molecule has 0 aliphatic heterocycles. The number of hydrogen-bond acceptors (Lipinski definition) is 4. The molecule has 6 heteroatoms. The number of amides is 1. The van der Waals surface area contributed by atoms with E-state index in [4.69, 9.17) is 10.5 Å². The van der Waals surface area contributed by atoms with E-state index in [2.05, 4.69) is 15.5 Å². The second kappa shape index (κ2) is 5.35. The Balaban J connectivity index is 2.46. The fourth-order valence-electron chi connectivity index (χ4n) is 1.14. The lowest BCUT2D eigenvalue weighted by atomic mass is 10.2. The molecule has 0 fully saturated rings. The van der Waals surface area contributed by atoms with E-state index in [1.54, 1.807) is 7.11 Å². The summed E-state index contributed by atoms with van der Waals surface area (Å²) in [5.74, 6) is -0.242.